The number of carbonyl (C=O) groups excluding carboxylic acids is 3. The van der Waals surface area contributed by atoms with Gasteiger partial charge < -0.3 is 5.32 Å². The molecule has 1 aliphatic heterocycles. The molecule has 0 radical (unpaired) electrons. The van der Waals surface area contributed by atoms with Crippen molar-refractivity contribution in [3.8, 4) is 0 Å². The molecule has 6 heteroatoms. The Balaban J connectivity index is 2.62. The van der Waals surface area contributed by atoms with Gasteiger partial charge in [0.2, 0.25) is 5.91 Å². The maximum absolute atomic E-state index is 10.9. The molecule has 0 aromatic heterocycles. The molecule has 0 aromatic rings. The fourth-order valence-corrected chi connectivity index (χ4v) is 0.893. The van der Waals surface area contributed by atoms with Crippen LogP contribution < -0.4 is 10.6 Å². The molecule has 0 atom stereocenters. The minimum Gasteiger partial charge on any atom is -0.341 e. The second kappa shape index (κ2) is 3.21. The summed E-state index contributed by atoms with van der Waals surface area (Å²) in [6.45, 7) is 0.143. The number of urea groups is 2. The first-order valence-electron chi connectivity index (χ1n) is 3.48. The van der Waals surface area contributed by atoms with E-state index in [0.29, 0.717) is 0 Å². The van der Waals surface area contributed by atoms with Crippen molar-refractivity contribution in [3.05, 3.63) is 0 Å². The quantitative estimate of drug-likeness (QED) is 0.504. The number of imide groups is 2. The standard InChI is InChI=1S/C6H9N3O3/c1-7-5(11)9-3-2-4(10)8-6(9)12/h2-3H2,1H3,(H,7,11)(H,8,10,12). The fraction of sp³-hybridized carbons (Fsp3) is 0.500. The Morgan fingerprint density at radius 1 is 1.58 bits per heavy atom. The van der Waals surface area contributed by atoms with E-state index in [2.05, 4.69) is 5.32 Å². The number of carbonyl (C=O) groups is 3. The fourth-order valence-electron chi connectivity index (χ4n) is 0.893. The van der Waals surface area contributed by atoms with Gasteiger partial charge in [0.25, 0.3) is 0 Å². The topological polar surface area (TPSA) is 78.5 Å². The summed E-state index contributed by atoms with van der Waals surface area (Å²) >= 11 is 0. The van der Waals surface area contributed by atoms with E-state index in [1.807, 2.05) is 5.32 Å². The zero-order chi connectivity index (χ0) is 9.14. The van der Waals surface area contributed by atoms with E-state index in [4.69, 9.17) is 0 Å². The Hall–Kier alpha value is -1.59. The monoisotopic (exact) mass is 171 g/mol. The summed E-state index contributed by atoms with van der Waals surface area (Å²) in [7, 11) is 1.42. The lowest BCUT2D eigenvalue weighted by atomic mass is 10.3. The highest BCUT2D eigenvalue weighted by Gasteiger charge is 2.27. The largest absolute Gasteiger partial charge is 0.341 e. The number of hydrogen-bond acceptors (Lipinski definition) is 3. The van der Waals surface area contributed by atoms with Gasteiger partial charge in [-0.2, -0.15) is 0 Å². The predicted molar refractivity (Wildman–Crippen MR) is 39.3 cm³/mol. The van der Waals surface area contributed by atoms with E-state index in [-0.39, 0.29) is 18.9 Å². The van der Waals surface area contributed by atoms with Crippen LogP contribution in [0, 0.1) is 0 Å². The van der Waals surface area contributed by atoms with Gasteiger partial charge in [-0.25, -0.2) is 14.5 Å². The average molecular weight is 171 g/mol. The molecule has 2 N–H and O–H groups in total. The lowest BCUT2D eigenvalue weighted by molar-refractivity contribution is -0.121. The minimum absolute atomic E-state index is 0.143. The Morgan fingerprint density at radius 2 is 2.25 bits per heavy atom. The van der Waals surface area contributed by atoms with Crippen molar-refractivity contribution in [1.29, 1.82) is 0 Å². The van der Waals surface area contributed by atoms with Crippen molar-refractivity contribution in [2.24, 2.45) is 0 Å². The molecule has 1 aliphatic rings. The van der Waals surface area contributed by atoms with Gasteiger partial charge in [0, 0.05) is 20.0 Å². The molecule has 0 aliphatic carbocycles. The zero-order valence-corrected chi connectivity index (χ0v) is 6.59. The van der Waals surface area contributed by atoms with Crippen LogP contribution in [0.3, 0.4) is 0 Å². The van der Waals surface area contributed by atoms with Crippen molar-refractivity contribution >= 4 is 18.0 Å². The first-order chi connectivity index (χ1) is 5.65. The molecule has 0 aromatic carbocycles. The summed E-state index contributed by atoms with van der Waals surface area (Å²) in [4.78, 5) is 33.5. The van der Waals surface area contributed by atoms with Gasteiger partial charge in [-0.1, -0.05) is 0 Å². The van der Waals surface area contributed by atoms with Gasteiger partial charge in [0.15, 0.2) is 0 Å². The Kier molecular flexibility index (Phi) is 2.27. The number of hydrogen-bond donors (Lipinski definition) is 2. The van der Waals surface area contributed by atoms with Gasteiger partial charge in [-0.15, -0.1) is 0 Å². The van der Waals surface area contributed by atoms with E-state index in [9.17, 15) is 14.4 Å². The maximum Gasteiger partial charge on any atom is 0.332 e. The normalized spacial score (nSPS) is 17.2. The Labute approximate surface area is 68.9 Å². The van der Waals surface area contributed by atoms with Crippen molar-refractivity contribution < 1.29 is 14.4 Å². The first kappa shape index (κ1) is 8.51. The summed E-state index contributed by atoms with van der Waals surface area (Å²) in [5.74, 6) is -0.347. The van der Waals surface area contributed by atoms with Crippen LogP contribution in [0.5, 0.6) is 0 Å². The molecule has 0 saturated carbocycles. The molecule has 12 heavy (non-hydrogen) atoms. The lowest BCUT2D eigenvalue weighted by Gasteiger charge is -2.23. The maximum atomic E-state index is 10.9. The molecule has 5 amide bonds. The van der Waals surface area contributed by atoms with Gasteiger partial charge >= 0.3 is 12.1 Å². The Bertz CT molecular complexity index is 238. The van der Waals surface area contributed by atoms with E-state index in [1.54, 1.807) is 0 Å². The molecule has 6 nitrogen and oxygen atoms in total. The second-order valence-electron chi connectivity index (χ2n) is 2.31. The molecule has 66 valence electrons. The van der Waals surface area contributed by atoms with Crippen LogP contribution >= 0.6 is 0 Å². The van der Waals surface area contributed by atoms with Crippen LogP contribution in [0.15, 0.2) is 0 Å². The van der Waals surface area contributed by atoms with Crippen LogP contribution in [0.25, 0.3) is 0 Å². The summed E-state index contributed by atoms with van der Waals surface area (Å²) in [5, 5.41) is 4.33. The predicted octanol–water partition coefficient (Wildman–Crippen LogP) is -0.732. The molecule has 0 unspecified atom stereocenters. The van der Waals surface area contributed by atoms with Crippen molar-refractivity contribution in [3.63, 3.8) is 0 Å². The molecule has 1 rings (SSSR count). The van der Waals surface area contributed by atoms with Gasteiger partial charge in [0.1, 0.15) is 0 Å². The van der Waals surface area contributed by atoms with Crippen LogP contribution in [-0.2, 0) is 4.79 Å². The molecular weight excluding hydrogens is 162 g/mol. The van der Waals surface area contributed by atoms with Gasteiger partial charge in [0.05, 0.1) is 0 Å². The highest BCUT2D eigenvalue weighted by atomic mass is 16.2. The van der Waals surface area contributed by atoms with Crippen molar-refractivity contribution in [2.45, 2.75) is 6.42 Å². The lowest BCUT2D eigenvalue weighted by Crippen LogP contribution is -2.54. The number of nitrogens with zero attached hydrogens (tertiary/aromatic N) is 1. The molecule has 1 fully saturated rings. The first-order valence-corrected chi connectivity index (χ1v) is 3.48. The average Bonchev–Trinajstić information content (AvgIpc) is 2.03. The number of rotatable bonds is 0. The highest BCUT2D eigenvalue weighted by molar-refractivity contribution is 6.03. The molecule has 1 heterocycles. The van der Waals surface area contributed by atoms with Crippen LogP contribution in [-0.4, -0.2) is 36.5 Å². The van der Waals surface area contributed by atoms with E-state index < -0.39 is 12.1 Å². The Morgan fingerprint density at radius 3 is 2.75 bits per heavy atom. The van der Waals surface area contributed by atoms with Crippen molar-refractivity contribution in [1.82, 2.24) is 15.5 Å². The summed E-state index contributed by atoms with van der Waals surface area (Å²) in [5.41, 5.74) is 0. The van der Waals surface area contributed by atoms with Crippen molar-refractivity contribution in [2.75, 3.05) is 13.6 Å². The zero-order valence-electron chi connectivity index (χ0n) is 6.59. The van der Waals surface area contributed by atoms with E-state index in [0.717, 1.165) is 4.90 Å². The molecule has 0 bridgehead atoms. The highest BCUT2D eigenvalue weighted by Crippen LogP contribution is 1.99. The van der Waals surface area contributed by atoms with E-state index >= 15 is 0 Å². The summed E-state index contributed by atoms with van der Waals surface area (Å²) in [6.07, 6.45) is 0.166. The molecular formula is C6H9N3O3. The van der Waals surface area contributed by atoms with Crippen LogP contribution in [0.2, 0.25) is 0 Å². The summed E-state index contributed by atoms with van der Waals surface area (Å²) < 4.78 is 0. The third-order valence-electron chi connectivity index (χ3n) is 1.51. The van der Waals surface area contributed by atoms with E-state index in [1.165, 1.54) is 7.05 Å². The van der Waals surface area contributed by atoms with Crippen LogP contribution in [0.1, 0.15) is 6.42 Å². The molecule has 1 saturated heterocycles. The number of nitrogens with one attached hydrogen (secondary N) is 2. The van der Waals surface area contributed by atoms with Gasteiger partial charge in [-0.05, 0) is 0 Å². The number of amides is 5. The third-order valence-corrected chi connectivity index (χ3v) is 1.51. The van der Waals surface area contributed by atoms with Crippen LogP contribution in [0.4, 0.5) is 9.59 Å². The second-order valence-corrected chi connectivity index (χ2v) is 2.31. The smallest absolute Gasteiger partial charge is 0.332 e. The third kappa shape index (κ3) is 1.52. The summed E-state index contributed by atoms with van der Waals surface area (Å²) in [6, 6.07) is -1.16. The minimum atomic E-state index is -0.661. The SMILES string of the molecule is CNC(=O)N1CCC(=O)NC1=O. The van der Waals surface area contributed by atoms with Gasteiger partial charge in [-0.3, -0.25) is 10.1 Å². The molecule has 0 spiro atoms.